The van der Waals surface area contributed by atoms with Gasteiger partial charge in [-0.1, -0.05) is 42.5 Å². The number of hydrogen-bond donors (Lipinski definition) is 1. The molecule has 1 amide bonds. The number of furan rings is 1. The topological polar surface area (TPSA) is 63.9 Å². The molecular weight excluding hydrogens is 416 g/mol. The van der Waals surface area contributed by atoms with Crippen LogP contribution in [0.15, 0.2) is 83.3 Å². The second-order valence-electron chi connectivity index (χ2n) is 7.99. The molecule has 1 N–H and O–H groups in total. The van der Waals surface area contributed by atoms with Gasteiger partial charge in [-0.05, 0) is 42.0 Å². The van der Waals surface area contributed by atoms with Crippen molar-refractivity contribution < 1.29 is 18.7 Å². The number of nitrogens with one attached hydrogen (secondary N) is 1. The number of hydrogen-bond acceptors (Lipinski definition) is 5. The van der Waals surface area contributed by atoms with Gasteiger partial charge in [-0.2, -0.15) is 0 Å². The Kier molecular flexibility index (Phi) is 6.11. The highest BCUT2D eigenvalue weighted by Gasteiger charge is 2.31. The summed E-state index contributed by atoms with van der Waals surface area (Å²) in [5.41, 5.74) is 3.05. The Hall–Kier alpha value is -3.61. The van der Waals surface area contributed by atoms with E-state index >= 15 is 0 Å². The van der Waals surface area contributed by atoms with Crippen molar-refractivity contribution in [3.05, 3.63) is 95.7 Å². The standard InChI is InChI=1S/C27H26N2O4/c1-31-21-11-7-10-20(18-21)25(29-14-16-32-17-15-29)26-24(22-12-5-6-13-23(22)33-26)28-27(30)19-8-3-2-4-9-19/h2-13,18,25H,14-17H2,1H3,(H,28,30)/t25-/m1/s1. The van der Waals surface area contributed by atoms with E-state index in [2.05, 4.69) is 16.3 Å². The fourth-order valence-electron chi connectivity index (χ4n) is 4.34. The van der Waals surface area contributed by atoms with E-state index in [1.807, 2.05) is 60.7 Å². The number of rotatable bonds is 6. The Bertz CT molecular complexity index is 1250. The van der Waals surface area contributed by atoms with Crippen LogP contribution in [0.2, 0.25) is 0 Å². The van der Waals surface area contributed by atoms with Gasteiger partial charge in [0.25, 0.3) is 5.91 Å². The minimum absolute atomic E-state index is 0.172. The normalized spacial score (nSPS) is 15.3. The number of methoxy groups -OCH3 is 1. The number of nitrogens with zero attached hydrogens (tertiary/aromatic N) is 1. The lowest BCUT2D eigenvalue weighted by atomic mass is 10.00. The highest BCUT2D eigenvalue weighted by atomic mass is 16.5. The van der Waals surface area contributed by atoms with Crippen LogP contribution in [0.25, 0.3) is 11.0 Å². The van der Waals surface area contributed by atoms with Crippen LogP contribution in [-0.4, -0.2) is 44.2 Å². The summed E-state index contributed by atoms with van der Waals surface area (Å²) in [7, 11) is 1.66. The van der Waals surface area contributed by atoms with Crippen LogP contribution in [0.3, 0.4) is 0 Å². The highest BCUT2D eigenvalue weighted by Crippen LogP contribution is 2.41. The molecule has 4 aromatic rings. The van der Waals surface area contributed by atoms with Crippen molar-refractivity contribution in [1.29, 1.82) is 0 Å². The lowest BCUT2D eigenvalue weighted by molar-refractivity contribution is 0.0206. The maximum Gasteiger partial charge on any atom is 0.255 e. The predicted molar refractivity (Wildman–Crippen MR) is 128 cm³/mol. The van der Waals surface area contributed by atoms with Crippen molar-refractivity contribution in [2.24, 2.45) is 0 Å². The van der Waals surface area contributed by atoms with Gasteiger partial charge < -0.3 is 19.2 Å². The van der Waals surface area contributed by atoms with Crippen LogP contribution in [0.4, 0.5) is 5.69 Å². The zero-order valence-electron chi connectivity index (χ0n) is 18.5. The van der Waals surface area contributed by atoms with Crippen LogP contribution in [-0.2, 0) is 4.74 Å². The highest BCUT2D eigenvalue weighted by molar-refractivity contribution is 6.09. The number of benzene rings is 3. The van der Waals surface area contributed by atoms with E-state index in [0.29, 0.717) is 30.2 Å². The molecule has 0 radical (unpaired) electrons. The molecule has 6 heteroatoms. The molecule has 3 aromatic carbocycles. The number of carbonyl (C=O) groups excluding carboxylic acids is 1. The monoisotopic (exact) mass is 442 g/mol. The van der Waals surface area contributed by atoms with Gasteiger partial charge in [0, 0.05) is 24.0 Å². The van der Waals surface area contributed by atoms with Gasteiger partial charge in [-0.25, -0.2) is 0 Å². The summed E-state index contributed by atoms with van der Waals surface area (Å²) < 4.78 is 17.5. The number of morpholine rings is 1. The third kappa shape index (κ3) is 4.35. The summed E-state index contributed by atoms with van der Waals surface area (Å²) in [6, 6.07) is 24.8. The van der Waals surface area contributed by atoms with E-state index in [-0.39, 0.29) is 11.9 Å². The lowest BCUT2D eigenvalue weighted by Gasteiger charge is -2.34. The molecule has 0 aliphatic carbocycles. The predicted octanol–water partition coefficient (Wildman–Crippen LogP) is 5.12. The van der Waals surface area contributed by atoms with Crippen LogP contribution in [0.5, 0.6) is 5.75 Å². The molecule has 33 heavy (non-hydrogen) atoms. The van der Waals surface area contributed by atoms with Crippen LogP contribution in [0.1, 0.15) is 27.7 Å². The first-order valence-electron chi connectivity index (χ1n) is 11.1. The molecule has 0 spiro atoms. The van der Waals surface area contributed by atoms with Crippen LogP contribution in [0, 0.1) is 0 Å². The molecule has 2 heterocycles. The molecule has 1 fully saturated rings. The number of ether oxygens (including phenoxy) is 2. The molecule has 0 saturated carbocycles. The number of para-hydroxylation sites is 1. The molecule has 1 saturated heterocycles. The summed E-state index contributed by atoms with van der Waals surface area (Å²) >= 11 is 0. The molecule has 0 bridgehead atoms. The fourth-order valence-corrected chi connectivity index (χ4v) is 4.34. The Morgan fingerprint density at radius 1 is 0.970 bits per heavy atom. The maximum absolute atomic E-state index is 13.1. The number of fused-ring (bicyclic) bond motifs is 1. The first-order valence-corrected chi connectivity index (χ1v) is 11.1. The Morgan fingerprint density at radius 3 is 2.52 bits per heavy atom. The third-order valence-corrected chi connectivity index (χ3v) is 5.97. The largest absolute Gasteiger partial charge is 0.497 e. The number of amides is 1. The maximum atomic E-state index is 13.1. The zero-order chi connectivity index (χ0) is 22.6. The van der Waals surface area contributed by atoms with E-state index < -0.39 is 0 Å². The average Bonchev–Trinajstić information content (AvgIpc) is 3.23. The molecule has 1 aromatic heterocycles. The molecule has 0 unspecified atom stereocenters. The summed E-state index contributed by atoms with van der Waals surface area (Å²) in [5.74, 6) is 1.31. The first kappa shape index (κ1) is 21.2. The zero-order valence-corrected chi connectivity index (χ0v) is 18.5. The second-order valence-corrected chi connectivity index (χ2v) is 7.99. The van der Waals surface area contributed by atoms with E-state index in [9.17, 15) is 4.79 Å². The molecule has 1 aliphatic heterocycles. The third-order valence-electron chi connectivity index (χ3n) is 5.97. The van der Waals surface area contributed by atoms with Gasteiger partial charge >= 0.3 is 0 Å². The van der Waals surface area contributed by atoms with Crippen molar-refractivity contribution in [2.75, 3.05) is 38.7 Å². The molecule has 5 rings (SSSR count). The van der Waals surface area contributed by atoms with Crippen molar-refractivity contribution in [3.8, 4) is 5.75 Å². The number of anilines is 1. The smallest absolute Gasteiger partial charge is 0.255 e. The van der Waals surface area contributed by atoms with E-state index in [0.717, 1.165) is 35.4 Å². The fraction of sp³-hybridized carbons (Fsp3) is 0.222. The summed E-state index contributed by atoms with van der Waals surface area (Å²) in [4.78, 5) is 15.5. The van der Waals surface area contributed by atoms with Gasteiger partial charge in [-0.3, -0.25) is 9.69 Å². The van der Waals surface area contributed by atoms with E-state index in [4.69, 9.17) is 13.9 Å². The number of carbonyl (C=O) groups is 1. The van der Waals surface area contributed by atoms with Crippen LogP contribution >= 0.6 is 0 Å². The van der Waals surface area contributed by atoms with Crippen molar-refractivity contribution in [1.82, 2.24) is 4.90 Å². The summed E-state index contributed by atoms with van der Waals surface area (Å²) in [6.07, 6.45) is 0. The van der Waals surface area contributed by atoms with Crippen molar-refractivity contribution >= 4 is 22.6 Å². The Morgan fingerprint density at radius 2 is 1.73 bits per heavy atom. The minimum atomic E-state index is -0.206. The second kappa shape index (κ2) is 9.48. The average molecular weight is 443 g/mol. The molecule has 1 aliphatic rings. The van der Waals surface area contributed by atoms with Crippen molar-refractivity contribution in [2.45, 2.75) is 6.04 Å². The Balaban J connectivity index is 1.64. The summed E-state index contributed by atoms with van der Waals surface area (Å²) in [5, 5.41) is 4.02. The SMILES string of the molecule is COc1cccc([C@H](c2oc3ccccc3c2NC(=O)c2ccccc2)N2CCOCC2)c1. The summed E-state index contributed by atoms with van der Waals surface area (Å²) in [6.45, 7) is 2.80. The minimum Gasteiger partial charge on any atom is -0.497 e. The molecule has 168 valence electrons. The van der Waals surface area contributed by atoms with Gasteiger partial charge in [0.05, 0.1) is 32.1 Å². The van der Waals surface area contributed by atoms with E-state index in [1.165, 1.54) is 0 Å². The molecule has 1 atom stereocenters. The molecule has 6 nitrogen and oxygen atoms in total. The quantitative estimate of drug-likeness (QED) is 0.449. The van der Waals surface area contributed by atoms with E-state index in [1.54, 1.807) is 19.2 Å². The van der Waals surface area contributed by atoms with Gasteiger partial charge in [0.1, 0.15) is 17.1 Å². The van der Waals surface area contributed by atoms with Gasteiger partial charge in [-0.15, -0.1) is 0 Å². The van der Waals surface area contributed by atoms with Gasteiger partial charge in [0.2, 0.25) is 0 Å². The molecular formula is C27H26N2O4. The lowest BCUT2D eigenvalue weighted by Crippen LogP contribution is -2.39. The van der Waals surface area contributed by atoms with Crippen molar-refractivity contribution in [3.63, 3.8) is 0 Å². The van der Waals surface area contributed by atoms with Gasteiger partial charge in [0.15, 0.2) is 0 Å². The van der Waals surface area contributed by atoms with Crippen LogP contribution < -0.4 is 10.1 Å². The first-order chi connectivity index (χ1) is 16.2. The Labute approximate surface area is 192 Å².